The molecule has 2 aromatic heterocycles. The van der Waals surface area contributed by atoms with Crippen molar-refractivity contribution in [2.24, 2.45) is 18.9 Å². The van der Waals surface area contributed by atoms with Crippen LogP contribution in [0, 0.1) is 11.8 Å². The van der Waals surface area contributed by atoms with Crippen LogP contribution in [0.1, 0.15) is 25.3 Å². The lowest BCUT2D eigenvalue weighted by Crippen LogP contribution is -2.36. The summed E-state index contributed by atoms with van der Waals surface area (Å²) in [5.74, 6) is 1.21. The van der Waals surface area contributed by atoms with Gasteiger partial charge in [0, 0.05) is 19.3 Å². The molecule has 9 heteroatoms. The van der Waals surface area contributed by atoms with Crippen LogP contribution in [0.25, 0.3) is 11.2 Å². The largest absolute Gasteiger partial charge is 0.329 e. The van der Waals surface area contributed by atoms with E-state index < -0.39 is 11.2 Å². The van der Waals surface area contributed by atoms with Crippen molar-refractivity contribution in [2.45, 2.75) is 32.7 Å². The van der Waals surface area contributed by atoms with E-state index in [2.05, 4.69) is 46.3 Å². The van der Waals surface area contributed by atoms with E-state index in [1.54, 1.807) is 0 Å². The Hall–Kier alpha value is -3.20. The second-order valence-electron chi connectivity index (χ2n) is 8.94. The summed E-state index contributed by atoms with van der Waals surface area (Å²) in [6, 6.07) is 7.94. The Bertz CT molecular complexity index is 1220. The Kier molecular flexibility index (Phi) is 6.27. The molecule has 1 saturated heterocycles. The van der Waals surface area contributed by atoms with Gasteiger partial charge in [0.1, 0.15) is 6.54 Å². The summed E-state index contributed by atoms with van der Waals surface area (Å²) >= 11 is 0. The summed E-state index contributed by atoms with van der Waals surface area (Å²) < 4.78 is 2.69. The molecule has 1 fully saturated rings. The molecule has 0 saturated carbocycles. The number of aryl methyl sites for hydroxylation is 2. The lowest BCUT2D eigenvalue weighted by atomic mass is 9.83. The number of aromatic amines is 1. The number of hydrogen-bond acceptors (Lipinski definition) is 5. The normalized spacial score (nSPS) is 19.3. The monoisotopic (exact) mass is 438 g/mol. The molecule has 9 nitrogen and oxygen atoms in total. The third kappa shape index (κ3) is 4.67. The van der Waals surface area contributed by atoms with E-state index in [0.29, 0.717) is 5.69 Å². The first kappa shape index (κ1) is 22.0. The highest BCUT2D eigenvalue weighted by Crippen LogP contribution is 2.27. The number of aromatic nitrogens is 4. The highest BCUT2D eigenvalue weighted by atomic mass is 16.2. The number of carbonyl (C=O) groups excluding carboxylic acids is 1. The van der Waals surface area contributed by atoms with E-state index in [1.807, 2.05) is 12.1 Å². The van der Waals surface area contributed by atoms with Gasteiger partial charge in [0.15, 0.2) is 11.2 Å². The lowest BCUT2D eigenvalue weighted by molar-refractivity contribution is -0.116. The maximum Gasteiger partial charge on any atom is 0.329 e. The Labute approximate surface area is 186 Å². The van der Waals surface area contributed by atoms with Crippen LogP contribution >= 0.6 is 0 Å². The van der Waals surface area contributed by atoms with Crippen molar-refractivity contribution < 1.29 is 4.79 Å². The van der Waals surface area contributed by atoms with Gasteiger partial charge in [-0.25, -0.2) is 9.78 Å². The minimum Gasteiger partial charge on any atom is -0.325 e. The quantitative estimate of drug-likeness (QED) is 0.608. The molecule has 3 heterocycles. The molecule has 0 bridgehead atoms. The molecule has 0 radical (unpaired) electrons. The SMILES string of the molecule is C[C@@H]1CN(C)CC[C@H]1CCc1ccc(NC(=O)Cn2cnc3c2c(=O)[nH]c(=O)n3C)cc1. The average Bonchev–Trinajstić information content (AvgIpc) is 3.16. The number of amides is 1. The third-order valence-electron chi connectivity index (χ3n) is 6.52. The Morgan fingerprint density at radius 1 is 1.22 bits per heavy atom. The maximum atomic E-state index is 12.5. The van der Waals surface area contributed by atoms with Gasteiger partial charge in [-0.15, -0.1) is 0 Å². The molecule has 3 aromatic rings. The van der Waals surface area contributed by atoms with Gasteiger partial charge in [0.2, 0.25) is 5.91 Å². The number of hydrogen-bond donors (Lipinski definition) is 2. The molecule has 4 rings (SSSR count). The average molecular weight is 439 g/mol. The van der Waals surface area contributed by atoms with Gasteiger partial charge in [-0.2, -0.15) is 0 Å². The molecule has 1 aliphatic heterocycles. The van der Waals surface area contributed by atoms with Crippen LogP contribution in [0.15, 0.2) is 40.2 Å². The molecule has 2 atom stereocenters. The Balaban J connectivity index is 1.35. The summed E-state index contributed by atoms with van der Waals surface area (Å²) in [6.45, 7) is 4.61. The van der Waals surface area contributed by atoms with Crippen LogP contribution in [0.5, 0.6) is 0 Å². The fraction of sp³-hybridized carbons (Fsp3) is 0.478. The molecule has 170 valence electrons. The molecule has 1 amide bonds. The predicted octanol–water partition coefficient (Wildman–Crippen LogP) is 1.58. The van der Waals surface area contributed by atoms with Crippen LogP contribution in [0.3, 0.4) is 0 Å². The van der Waals surface area contributed by atoms with E-state index in [1.165, 1.54) is 54.0 Å². The standard InChI is InChI=1S/C23H30N6O3/c1-15-12-27(2)11-10-17(15)7-4-16-5-8-18(9-6-16)25-19(30)13-29-14-24-21-20(29)22(31)26-23(32)28(21)3/h5-6,8-9,14-15,17H,4,7,10-13H2,1-3H3,(H,25,30)(H,26,31,32)/t15-,17-/m1/s1. The number of nitrogens with zero attached hydrogens (tertiary/aromatic N) is 4. The van der Waals surface area contributed by atoms with Gasteiger partial charge in [-0.1, -0.05) is 19.1 Å². The number of carbonyl (C=O) groups is 1. The van der Waals surface area contributed by atoms with Crippen molar-refractivity contribution >= 4 is 22.8 Å². The van der Waals surface area contributed by atoms with Gasteiger partial charge in [-0.05, 0) is 62.4 Å². The van der Waals surface area contributed by atoms with Crippen LogP contribution in [0.4, 0.5) is 5.69 Å². The zero-order valence-corrected chi connectivity index (χ0v) is 18.8. The van der Waals surface area contributed by atoms with Crippen LogP contribution in [-0.4, -0.2) is 50.0 Å². The Morgan fingerprint density at radius 3 is 2.69 bits per heavy atom. The van der Waals surface area contributed by atoms with E-state index in [9.17, 15) is 14.4 Å². The molecule has 2 N–H and O–H groups in total. The summed E-state index contributed by atoms with van der Waals surface area (Å²) in [5, 5.41) is 2.86. The summed E-state index contributed by atoms with van der Waals surface area (Å²) in [6.07, 6.45) is 4.87. The topological polar surface area (TPSA) is 105 Å². The van der Waals surface area contributed by atoms with Crippen molar-refractivity contribution in [2.75, 3.05) is 25.5 Å². The van der Waals surface area contributed by atoms with Crippen molar-refractivity contribution in [1.82, 2.24) is 24.0 Å². The molecule has 32 heavy (non-hydrogen) atoms. The minimum atomic E-state index is -0.559. The number of piperidine rings is 1. The van der Waals surface area contributed by atoms with Crippen LogP contribution in [0.2, 0.25) is 0 Å². The predicted molar refractivity (Wildman–Crippen MR) is 124 cm³/mol. The second kappa shape index (κ2) is 9.12. The first-order valence-corrected chi connectivity index (χ1v) is 11.0. The number of imidazole rings is 1. The van der Waals surface area contributed by atoms with Gasteiger partial charge < -0.3 is 14.8 Å². The highest BCUT2D eigenvalue weighted by molar-refractivity contribution is 5.91. The van der Waals surface area contributed by atoms with Gasteiger partial charge in [0.05, 0.1) is 6.33 Å². The maximum absolute atomic E-state index is 12.5. The highest BCUT2D eigenvalue weighted by Gasteiger charge is 2.23. The third-order valence-corrected chi connectivity index (χ3v) is 6.52. The van der Waals surface area contributed by atoms with Crippen LogP contribution in [-0.2, 0) is 24.8 Å². The molecule has 0 unspecified atom stereocenters. The number of benzene rings is 1. The van der Waals surface area contributed by atoms with Crippen molar-refractivity contribution in [3.63, 3.8) is 0 Å². The molecule has 1 aromatic carbocycles. The summed E-state index contributed by atoms with van der Waals surface area (Å²) in [5.41, 5.74) is 1.31. The minimum absolute atomic E-state index is 0.0758. The summed E-state index contributed by atoms with van der Waals surface area (Å²) in [4.78, 5) is 45.1. The fourth-order valence-corrected chi connectivity index (χ4v) is 4.60. The van der Waals surface area contributed by atoms with Gasteiger partial charge in [-0.3, -0.25) is 19.1 Å². The second-order valence-corrected chi connectivity index (χ2v) is 8.94. The van der Waals surface area contributed by atoms with Crippen molar-refractivity contribution in [3.8, 4) is 0 Å². The first-order chi connectivity index (χ1) is 15.3. The Morgan fingerprint density at radius 2 is 1.97 bits per heavy atom. The molecule has 1 aliphatic rings. The zero-order valence-electron chi connectivity index (χ0n) is 18.8. The van der Waals surface area contributed by atoms with Crippen molar-refractivity contribution in [3.05, 3.63) is 57.0 Å². The molecular formula is C23H30N6O3. The molecular weight excluding hydrogens is 408 g/mol. The number of anilines is 1. The lowest BCUT2D eigenvalue weighted by Gasteiger charge is -2.34. The summed E-state index contributed by atoms with van der Waals surface area (Å²) in [7, 11) is 3.71. The number of nitrogens with one attached hydrogen (secondary N) is 2. The number of rotatable bonds is 6. The smallest absolute Gasteiger partial charge is 0.325 e. The van der Waals surface area contributed by atoms with E-state index in [-0.39, 0.29) is 23.6 Å². The fourth-order valence-electron chi connectivity index (χ4n) is 4.60. The van der Waals surface area contributed by atoms with Crippen molar-refractivity contribution in [1.29, 1.82) is 0 Å². The zero-order chi connectivity index (χ0) is 22.8. The molecule has 0 spiro atoms. The van der Waals surface area contributed by atoms with E-state index in [0.717, 1.165) is 18.3 Å². The number of fused-ring (bicyclic) bond motifs is 1. The number of H-pyrrole nitrogens is 1. The number of likely N-dealkylation sites (tertiary alicyclic amines) is 1. The van der Waals surface area contributed by atoms with Crippen LogP contribution < -0.4 is 16.6 Å². The first-order valence-electron chi connectivity index (χ1n) is 11.0. The van der Waals surface area contributed by atoms with E-state index >= 15 is 0 Å². The van der Waals surface area contributed by atoms with E-state index in [4.69, 9.17) is 0 Å². The van der Waals surface area contributed by atoms with Gasteiger partial charge in [0.25, 0.3) is 5.56 Å². The molecule has 0 aliphatic carbocycles. The van der Waals surface area contributed by atoms with Gasteiger partial charge >= 0.3 is 5.69 Å².